The monoisotopic (exact) mass is 471 g/mol. The Morgan fingerprint density at radius 3 is 2.48 bits per heavy atom. The predicted octanol–water partition coefficient (Wildman–Crippen LogP) is 4.39. The topological polar surface area (TPSA) is 45.1 Å². The van der Waals surface area contributed by atoms with Crippen molar-refractivity contribution in [1.82, 2.24) is 9.80 Å². The number of halogens is 1. The predicted molar refractivity (Wildman–Crippen MR) is 122 cm³/mol. The average Bonchev–Trinajstić information content (AvgIpc) is 3.04. The van der Waals surface area contributed by atoms with Crippen LogP contribution in [0.4, 0.5) is 5.69 Å². The molecule has 2 aliphatic heterocycles. The van der Waals surface area contributed by atoms with E-state index >= 15 is 0 Å². The largest absolute Gasteiger partial charge is 0.379 e. The second-order valence-electron chi connectivity index (χ2n) is 6.80. The van der Waals surface area contributed by atoms with Gasteiger partial charge < -0.3 is 4.74 Å². The van der Waals surface area contributed by atoms with Crippen LogP contribution in [0.25, 0.3) is 6.08 Å². The number of benzene rings is 2. The van der Waals surface area contributed by atoms with E-state index in [0.29, 0.717) is 11.4 Å². The van der Waals surface area contributed by atoms with Crippen molar-refractivity contribution in [3.8, 4) is 0 Å². The summed E-state index contributed by atoms with van der Waals surface area (Å²) in [6.07, 6.45) is 1.94. The van der Waals surface area contributed by atoms with Gasteiger partial charge >= 0.3 is 0 Å². The van der Waals surface area contributed by atoms with Crippen LogP contribution in [0.2, 0.25) is 0 Å². The van der Waals surface area contributed by atoms with Crippen LogP contribution in [0.3, 0.4) is 0 Å². The number of aliphatic imine (C=N–C) groups is 1. The minimum absolute atomic E-state index is 0.0147. The Labute approximate surface area is 183 Å². The maximum absolute atomic E-state index is 13.2. The standard InChI is InChI=1S/C22H22BrN3O2S/c23-18-8-6-17(7-9-18)16-20-21(27)26(11-10-25-12-14-28-15-13-25)22(29-20)24-19-4-2-1-3-5-19/h1-9,16H,10-15H2/b20-16+,24-22?. The number of morpholine rings is 1. The number of para-hydroxylation sites is 1. The van der Waals surface area contributed by atoms with Gasteiger partial charge in [-0.2, -0.15) is 0 Å². The summed E-state index contributed by atoms with van der Waals surface area (Å²) >= 11 is 4.89. The highest BCUT2D eigenvalue weighted by Gasteiger charge is 2.33. The third-order valence-electron chi connectivity index (χ3n) is 4.78. The Balaban J connectivity index is 1.57. The van der Waals surface area contributed by atoms with Gasteiger partial charge in [0.25, 0.3) is 5.91 Å². The molecule has 0 saturated carbocycles. The molecule has 0 radical (unpaired) electrons. The Morgan fingerprint density at radius 1 is 1.03 bits per heavy atom. The van der Waals surface area contributed by atoms with Crippen molar-refractivity contribution in [1.29, 1.82) is 0 Å². The molecule has 0 N–H and O–H groups in total. The van der Waals surface area contributed by atoms with Gasteiger partial charge in [-0.25, -0.2) is 4.99 Å². The number of carbonyl (C=O) groups is 1. The van der Waals surface area contributed by atoms with Crippen LogP contribution in [0, 0.1) is 0 Å². The normalized spacial score (nSPS) is 20.7. The molecule has 5 nitrogen and oxygen atoms in total. The minimum Gasteiger partial charge on any atom is -0.379 e. The van der Waals surface area contributed by atoms with Gasteiger partial charge in [-0.05, 0) is 47.7 Å². The van der Waals surface area contributed by atoms with Gasteiger partial charge in [0.15, 0.2) is 5.17 Å². The highest BCUT2D eigenvalue weighted by Crippen LogP contribution is 2.34. The number of ether oxygens (including phenoxy) is 1. The van der Waals surface area contributed by atoms with Crippen LogP contribution < -0.4 is 0 Å². The Morgan fingerprint density at radius 2 is 1.76 bits per heavy atom. The molecule has 0 bridgehead atoms. The average molecular weight is 472 g/mol. The Bertz CT molecular complexity index is 909. The first kappa shape index (κ1) is 20.3. The lowest BCUT2D eigenvalue weighted by Gasteiger charge is -2.28. The van der Waals surface area contributed by atoms with Gasteiger partial charge in [-0.3, -0.25) is 14.6 Å². The molecule has 2 aliphatic rings. The van der Waals surface area contributed by atoms with E-state index < -0.39 is 0 Å². The number of thioether (sulfide) groups is 1. The maximum atomic E-state index is 13.2. The molecule has 29 heavy (non-hydrogen) atoms. The highest BCUT2D eigenvalue weighted by molar-refractivity contribution is 9.10. The fourth-order valence-corrected chi connectivity index (χ4v) is 4.47. The summed E-state index contributed by atoms with van der Waals surface area (Å²) in [5.41, 5.74) is 1.85. The van der Waals surface area contributed by atoms with Gasteiger partial charge in [-0.1, -0.05) is 46.3 Å². The van der Waals surface area contributed by atoms with E-state index in [1.165, 1.54) is 11.8 Å². The molecule has 4 rings (SSSR count). The molecular weight excluding hydrogens is 450 g/mol. The zero-order valence-corrected chi connectivity index (χ0v) is 18.4. The van der Waals surface area contributed by atoms with Gasteiger partial charge in [0.1, 0.15) is 0 Å². The second kappa shape index (κ2) is 9.71. The van der Waals surface area contributed by atoms with Crippen molar-refractivity contribution in [2.45, 2.75) is 0 Å². The van der Waals surface area contributed by atoms with Gasteiger partial charge in [0.05, 0.1) is 23.8 Å². The smallest absolute Gasteiger partial charge is 0.266 e. The molecule has 2 saturated heterocycles. The van der Waals surface area contributed by atoms with Crippen molar-refractivity contribution in [2.75, 3.05) is 39.4 Å². The maximum Gasteiger partial charge on any atom is 0.266 e. The van der Waals surface area contributed by atoms with Gasteiger partial charge in [-0.15, -0.1) is 0 Å². The lowest BCUT2D eigenvalue weighted by atomic mass is 10.2. The summed E-state index contributed by atoms with van der Waals surface area (Å²) < 4.78 is 6.44. The molecule has 2 aromatic carbocycles. The van der Waals surface area contributed by atoms with Crippen LogP contribution in [0.15, 0.2) is 69.0 Å². The minimum atomic E-state index is 0.0147. The number of amidine groups is 1. The van der Waals surface area contributed by atoms with E-state index in [2.05, 4.69) is 20.8 Å². The number of amides is 1. The molecule has 0 atom stereocenters. The van der Waals surface area contributed by atoms with Crippen LogP contribution in [-0.2, 0) is 9.53 Å². The number of nitrogens with zero attached hydrogens (tertiary/aromatic N) is 3. The molecule has 1 amide bonds. The van der Waals surface area contributed by atoms with E-state index in [1.807, 2.05) is 60.7 Å². The van der Waals surface area contributed by atoms with Crippen LogP contribution >= 0.6 is 27.7 Å². The van der Waals surface area contributed by atoms with Gasteiger partial charge in [0.2, 0.25) is 0 Å². The van der Waals surface area contributed by atoms with Gasteiger partial charge in [0, 0.05) is 30.7 Å². The summed E-state index contributed by atoms with van der Waals surface area (Å²) in [7, 11) is 0. The molecule has 0 spiro atoms. The molecule has 2 heterocycles. The van der Waals surface area contributed by atoms with Crippen LogP contribution in [0.1, 0.15) is 5.56 Å². The first-order valence-corrected chi connectivity index (χ1v) is 11.2. The van der Waals surface area contributed by atoms with Crippen LogP contribution in [0.5, 0.6) is 0 Å². The highest BCUT2D eigenvalue weighted by atomic mass is 79.9. The molecule has 2 aromatic rings. The summed E-state index contributed by atoms with van der Waals surface area (Å²) in [6.45, 7) is 4.75. The SMILES string of the molecule is O=C1/C(=C\c2ccc(Br)cc2)SC(=Nc2ccccc2)N1CCN1CCOCC1. The van der Waals surface area contributed by atoms with Crippen molar-refractivity contribution in [2.24, 2.45) is 4.99 Å². The fraction of sp³-hybridized carbons (Fsp3) is 0.273. The summed E-state index contributed by atoms with van der Waals surface area (Å²) in [4.78, 5) is 22.7. The van der Waals surface area contributed by atoms with Crippen LogP contribution in [-0.4, -0.2) is 60.3 Å². The number of hydrogen-bond donors (Lipinski definition) is 0. The number of carbonyl (C=O) groups excluding carboxylic acids is 1. The first-order valence-electron chi connectivity index (χ1n) is 9.60. The summed E-state index contributed by atoms with van der Waals surface area (Å²) in [6, 6.07) is 17.7. The van der Waals surface area contributed by atoms with E-state index in [9.17, 15) is 4.79 Å². The quantitative estimate of drug-likeness (QED) is 0.606. The lowest BCUT2D eigenvalue weighted by Crippen LogP contribution is -2.42. The van der Waals surface area contributed by atoms with E-state index in [1.54, 1.807) is 4.90 Å². The number of hydrogen-bond acceptors (Lipinski definition) is 5. The van der Waals surface area contributed by atoms with Crippen molar-refractivity contribution >= 4 is 50.5 Å². The molecular formula is C22H22BrN3O2S. The summed E-state index contributed by atoms with van der Waals surface area (Å²) in [5, 5.41) is 0.734. The van der Waals surface area contributed by atoms with E-state index in [0.717, 1.165) is 53.7 Å². The molecule has 2 fully saturated rings. The third kappa shape index (κ3) is 5.36. The second-order valence-corrected chi connectivity index (χ2v) is 8.73. The first-order chi connectivity index (χ1) is 14.2. The fourth-order valence-electron chi connectivity index (χ4n) is 3.18. The van der Waals surface area contributed by atoms with E-state index in [4.69, 9.17) is 9.73 Å². The molecule has 150 valence electrons. The van der Waals surface area contributed by atoms with Crippen molar-refractivity contribution < 1.29 is 9.53 Å². The summed E-state index contributed by atoms with van der Waals surface area (Å²) in [5.74, 6) is 0.0147. The van der Waals surface area contributed by atoms with Crippen molar-refractivity contribution in [3.63, 3.8) is 0 Å². The molecule has 0 aliphatic carbocycles. The molecule has 0 unspecified atom stereocenters. The molecule has 0 aromatic heterocycles. The zero-order valence-electron chi connectivity index (χ0n) is 16.0. The molecule has 7 heteroatoms. The van der Waals surface area contributed by atoms with E-state index in [-0.39, 0.29) is 5.91 Å². The van der Waals surface area contributed by atoms with Crippen molar-refractivity contribution in [3.05, 3.63) is 69.5 Å². The Kier molecular flexibility index (Phi) is 6.82. The Hall–Kier alpha value is -1.93. The third-order valence-corrected chi connectivity index (χ3v) is 6.32. The number of rotatable bonds is 5. The lowest BCUT2D eigenvalue weighted by molar-refractivity contribution is -0.122. The zero-order chi connectivity index (χ0) is 20.1.